The fourth-order valence-electron chi connectivity index (χ4n) is 4.09. The lowest BCUT2D eigenvalue weighted by atomic mass is 9.77. The maximum Gasteiger partial charge on any atom is 0.0771 e. The molecule has 3 heteroatoms. The zero-order chi connectivity index (χ0) is 15.3. The number of nitrogens with one attached hydrogen (secondary N) is 1. The van der Waals surface area contributed by atoms with Crippen LogP contribution in [0.25, 0.3) is 0 Å². The van der Waals surface area contributed by atoms with Crippen LogP contribution in [0.15, 0.2) is 0 Å². The summed E-state index contributed by atoms with van der Waals surface area (Å²) in [7, 11) is 0. The number of hydrogen-bond donors (Lipinski definition) is 2. The van der Waals surface area contributed by atoms with Crippen LogP contribution in [0.1, 0.15) is 65.7 Å². The Morgan fingerprint density at radius 3 is 2.29 bits per heavy atom. The summed E-state index contributed by atoms with van der Waals surface area (Å²) in [5.41, 5.74) is -0.440. The Morgan fingerprint density at radius 1 is 1.14 bits per heavy atom. The smallest absolute Gasteiger partial charge is 0.0771 e. The second kappa shape index (κ2) is 7.94. The van der Waals surface area contributed by atoms with Gasteiger partial charge in [-0.1, -0.05) is 20.3 Å². The molecular weight excluding hydrogens is 260 g/mol. The molecule has 0 aromatic carbocycles. The van der Waals surface area contributed by atoms with Gasteiger partial charge in [0.05, 0.1) is 5.60 Å². The van der Waals surface area contributed by atoms with Gasteiger partial charge >= 0.3 is 0 Å². The van der Waals surface area contributed by atoms with E-state index in [-0.39, 0.29) is 0 Å². The van der Waals surface area contributed by atoms with Gasteiger partial charge in [-0.25, -0.2) is 0 Å². The molecule has 1 aliphatic heterocycles. The van der Waals surface area contributed by atoms with Gasteiger partial charge in [0.1, 0.15) is 0 Å². The molecule has 0 radical (unpaired) electrons. The summed E-state index contributed by atoms with van der Waals surface area (Å²) < 4.78 is 0. The molecule has 2 N–H and O–H groups in total. The molecule has 21 heavy (non-hydrogen) atoms. The third kappa shape index (κ3) is 4.94. The van der Waals surface area contributed by atoms with Crippen molar-refractivity contribution in [3.05, 3.63) is 0 Å². The second-order valence-corrected chi connectivity index (χ2v) is 7.52. The number of aliphatic hydroxyl groups is 1. The molecule has 2 aliphatic rings. The minimum Gasteiger partial charge on any atom is -0.389 e. The first kappa shape index (κ1) is 17.2. The largest absolute Gasteiger partial charge is 0.389 e. The number of nitrogens with zero attached hydrogens (tertiary/aromatic N) is 1. The van der Waals surface area contributed by atoms with E-state index in [4.69, 9.17) is 0 Å². The Morgan fingerprint density at radius 2 is 1.76 bits per heavy atom. The van der Waals surface area contributed by atoms with Gasteiger partial charge in [-0.3, -0.25) is 0 Å². The van der Waals surface area contributed by atoms with Crippen LogP contribution in [-0.2, 0) is 0 Å². The third-order valence-corrected chi connectivity index (χ3v) is 6.15. The second-order valence-electron chi connectivity index (χ2n) is 7.52. The minimum atomic E-state index is -0.440. The number of piperidine rings is 1. The maximum absolute atomic E-state index is 10.7. The van der Waals surface area contributed by atoms with Gasteiger partial charge in [0.25, 0.3) is 0 Å². The quantitative estimate of drug-likeness (QED) is 0.791. The van der Waals surface area contributed by atoms with Gasteiger partial charge in [0.2, 0.25) is 0 Å². The van der Waals surface area contributed by atoms with Crippen molar-refractivity contribution in [1.82, 2.24) is 10.2 Å². The number of rotatable bonds is 6. The third-order valence-electron chi connectivity index (χ3n) is 6.15. The van der Waals surface area contributed by atoms with Crippen molar-refractivity contribution >= 4 is 0 Å². The van der Waals surface area contributed by atoms with E-state index in [1.165, 1.54) is 51.7 Å². The van der Waals surface area contributed by atoms with Crippen molar-refractivity contribution in [3.8, 4) is 0 Å². The number of likely N-dealkylation sites (tertiary alicyclic amines) is 1. The highest BCUT2D eigenvalue weighted by Gasteiger charge is 2.33. The first-order valence-electron chi connectivity index (χ1n) is 9.24. The zero-order valence-corrected chi connectivity index (χ0v) is 14.4. The van der Waals surface area contributed by atoms with Crippen LogP contribution in [0.2, 0.25) is 0 Å². The molecule has 1 saturated heterocycles. The van der Waals surface area contributed by atoms with E-state index in [1.54, 1.807) is 0 Å². The van der Waals surface area contributed by atoms with E-state index in [9.17, 15) is 5.11 Å². The molecule has 124 valence electrons. The van der Waals surface area contributed by atoms with E-state index in [0.717, 1.165) is 31.2 Å². The van der Waals surface area contributed by atoms with Crippen molar-refractivity contribution in [3.63, 3.8) is 0 Å². The molecule has 3 nitrogen and oxygen atoms in total. The first-order chi connectivity index (χ1) is 10.1. The molecule has 1 aliphatic carbocycles. The van der Waals surface area contributed by atoms with Gasteiger partial charge in [-0.15, -0.1) is 0 Å². The van der Waals surface area contributed by atoms with E-state index < -0.39 is 5.60 Å². The fourth-order valence-corrected chi connectivity index (χ4v) is 4.09. The highest BCUT2D eigenvalue weighted by Crippen LogP contribution is 2.33. The average Bonchev–Trinajstić information content (AvgIpc) is 2.53. The Hall–Kier alpha value is -0.120. The van der Waals surface area contributed by atoms with Crippen molar-refractivity contribution < 1.29 is 5.11 Å². The summed E-state index contributed by atoms with van der Waals surface area (Å²) in [6.07, 6.45) is 8.27. The molecule has 0 aromatic rings. The average molecular weight is 296 g/mol. The standard InChI is InChI=1S/C18H36N2O/c1-4-16-6-10-18(21,11-7-16)14-19-15(3)17-8-12-20(5-2)13-9-17/h15-17,19,21H,4-14H2,1-3H3. The van der Waals surface area contributed by atoms with Crippen molar-refractivity contribution in [2.45, 2.75) is 77.4 Å². The molecule has 0 aromatic heterocycles. The minimum absolute atomic E-state index is 0.440. The Bertz CT molecular complexity index is 292. The first-order valence-corrected chi connectivity index (χ1v) is 9.24. The fraction of sp³-hybridized carbons (Fsp3) is 1.00. The summed E-state index contributed by atoms with van der Waals surface area (Å²) in [4.78, 5) is 2.54. The topological polar surface area (TPSA) is 35.5 Å². The van der Waals surface area contributed by atoms with Crippen LogP contribution in [0.3, 0.4) is 0 Å². The predicted octanol–water partition coefficient (Wildman–Crippen LogP) is 3.03. The molecule has 1 atom stereocenters. The van der Waals surface area contributed by atoms with Crippen molar-refractivity contribution in [2.75, 3.05) is 26.2 Å². The predicted molar refractivity (Wildman–Crippen MR) is 89.5 cm³/mol. The lowest BCUT2D eigenvalue weighted by Crippen LogP contribution is -2.49. The van der Waals surface area contributed by atoms with E-state index >= 15 is 0 Å². The highest BCUT2D eigenvalue weighted by atomic mass is 16.3. The van der Waals surface area contributed by atoms with Crippen LogP contribution < -0.4 is 5.32 Å². The SMILES string of the molecule is CCC1CCC(O)(CNC(C)C2CCN(CC)CC2)CC1. The van der Waals surface area contributed by atoms with E-state index in [1.807, 2.05) is 0 Å². The molecule has 1 saturated carbocycles. The number of hydrogen-bond acceptors (Lipinski definition) is 3. The molecule has 0 bridgehead atoms. The van der Waals surface area contributed by atoms with Crippen LogP contribution in [0, 0.1) is 11.8 Å². The monoisotopic (exact) mass is 296 g/mol. The van der Waals surface area contributed by atoms with E-state index in [0.29, 0.717) is 6.04 Å². The van der Waals surface area contributed by atoms with Crippen LogP contribution in [-0.4, -0.2) is 47.8 Å². The molecule has 1 unspecified atom stereocenters. The normalized spacial score (nSPS) is 34.0. The summed E-state index contributed by atoms with van der Waals surface area (Å²) in [5, 5.41) is 14.4. The zero-order valence-electron chi connectivity index (χ0n) is 14.4. The molecular formula is C18H36N2O. The summed E-state index contributed by atoms with van der Waals surface area (Å²) >= 11 is 0. The van der Waals surface area contributed by atoms with Crippen LogP contribution in [0.4, 0.5) is 0 Å². The Kier molecular flexibility index (Phi) is 6.51. The van der Waals surface area contributed by atoms with Gasteiger partial charge in [-0.2, -0.15) is 0 Å². The Labute approximate surface area is 131 Å². The highest BCUT2D eigenvalue weighted by molar-refractivity contribution is 4.89. The lowest BCUT2D eigenvalue weighted by Gasteiger charge is -2.39. The molecule has 2 fully saturated rings. The molecule has 0 amide bonds. The molecule has 0 spiro atoms. The molecule has 2 rings (SSSR count). The van der Waals surface area contributed by atoms with E-state index in [2.05, 4.69) is 31.0 Å². The lowest BCUT2D eigenvalue weighted by molar-refractivity contribution is -0.0124. The van der Waals surface area contributed by atoms with Crippen LogP contribution >= 0.6 is 0 Å². The van der Waals surface area contributed by atoms with Crippen LogP contribution in [0.5, 0.6) is 0 Å². The van der Waals surface area contributed by atoms with Gasteiger partial charge in [0.15, 0.2) is 0 Å². The summed E-state index contributed by atoms with van der Waals surface area (Å²) in [5.74, 6) is 1.63. The summed E-state index contributed by atoms with van der Waals surface area (Å²) in [6.45, 7) is 11.3. The van der Waals surface area contributed by atoms with Gasteiger partial charge in [-0.05, 0) is 76.9 Å². The van der Waals surface area contributed by atoms with Crippen molar-refractivity contribution in [2.24, 2.45) is 11.8 Å². The Balaban J connectivity index is 1.70. The van der Waals surface area contributed by atoms with Crippen molar-refractivity contribution in [1.29, 1.82) is 0 Å². The van der Waals surface area contributed by atoms with Gasteiger partial charge in [0, 0.05) is 12.6 Å². The summed E-state index contributed by atoms with van der Waals surface area (Å²) in [6, 6.07) is 0.539. The maximum atomic E-state index is 10.7. The molecule has 1 heterocycles. The van der Waals surface area contributed by atoms with Gasteiger partial charge < -0.3 is 15.3 Å².